The first-order valence-corrected chi connectivity index (χ1v) is 10.3. The SMILES string of the molecule is Cc1ccc(NC(=O)COc2cccc(/C=C(\C#N)c3ccc(Cl)cc3Cl)c2)cc1Cl. The van der Waals surface area contributed by atoms with Crippen molar-refractivity contribution >= 4 is 58.0 Å². The molecule has 0 saturated heterocycles. The number of amides is 1. The molecule has 0 fully saturated rings. The molecule has 0 aliphatic rings. The highest BCUT2D eigenvalue weighted by atomic mass is 35.5. The summed E-state index contributed by atoms with van der Waals surface area (Å²) in [6, 6.07) is 19.5. The molecule has 0 radical (unpaired) electrons. The van der Waals surface area contributed by atoms with E-state index >= 15 is 0 Å². The smallest absolute Gasteiger partial charge is 0.262 e. The summed E-state index contributed by atoms with van der Waals surface area (Å²) >= 11 is 18.2. The Balaban J connectivity index is 1.69. The highest BCUT2D eigenvalue weighted by Crippen LogP contribution is 2.28. The lowest BCUT2D eigenvalue weighted by Crippen LogP contribution is -2.20. The minimum atomic E-state index is -0.313. The van der Waals surface area contributed by atoms with E-state index in [9.17, 15) is 10.1 Å². The average Bonchev–Trinajstić information content (AvgIpc) is 2.74. The van der Waals surface area contributed by atoms with Crippen LogP contribution in [0.15, 0.2) is 60.7 Å². The van der Waals surface area contributed by atoms with Crippen LogP contribution in [0.25, 0.3) is 11.6 Å². The van der Waals surface area contributed by atoms with Crippen molar-refractivity contribution in [2.24, 2.45) is 0 Å². The number of anilines is 1. The lowest BCUT2D eigenvalue weighted by atomic mass is 10.0. The van der Waals surface area contributed by atoms with Crippen molar-refractivity contribution in [1.82, 2.24) is 0 Å². The van der Waals surface area contributed by atoms with Gasteiger partial charge in [-0.3, -0.25) is 4.79 Å². The van der Waals surface area contributed by atoms with Crippen molar-refractivity contribution in [3.05, 3.63) is 92.4 Å². The van der Waals surface area contributed by atoms with Crippen LogP contribution in [-0.4, -0.2) is 12.5 Å². The predicted octanol–water partition coefficient (Wildman–Crippen LogP) is 7.04. The van der Waals surface area contributed by atoms with Crippen LogP contribution in [0.5, 0.6) is 5.75 Å². The second kappa shape index (κ2) is 10.4. The molecule has 1 amide bonds. The normalized spacial score (nSPS) is 11.0. The first-order valence-electron chi connectivity index (χ1n) is 9.22. The Hall–Kier alpha value is -2.97. The summed E-state index contributed by atoms with van der Waals surface area (Å²) in [7, 11) is 0. The quantitative estimate of drug-likeness (QED) is 0.310. The second-order valence-electron chi connectivity index (χ2n) is 6.67. The van der Waals surface area contributed by atoms with Gasteiger partial charge in [-0.15, -0.1) is 0 Å². The van der Waals surface area contributed by atoms with E-state index in [4.69, 9.17) is 39.5 Å². The molecule has 3 aromatic rings. The van der Waals surface area contributed by atoms with Gasteiger partial charge in [0.05, 0.1) is 16.7 Å². The number of benzene rings is 3. The summed E-state index contributed by atoms with van der Waals surface area (Å²) in [4.78, 5) is 12.2. The number of carbonyl (C=O) groups is 1. The third-order valence-electron chi connectivity index (χ3n) is 4.34. The number of rotatable bonds is 6. The summed E-state index contributed by atoms with van der Waals surface area (Å²) in [6.07, 6.45) is 1.69. The van der Waals surface area contributed by atoms with Crippen molar-refractivity contribution in [2.45, 2.75) is 6.92 Å². The molecule has 4 nitrogen and oxygen atoms in total. The van der Waals surface area contributed by atoms with E-state index in [-0.39, 0.29) is 12.5 Å². The number of nitrogens with one attached hydrogen (secondary N) is 1. The number of nitrogens with zero attached hydrogens (tertiary/aromatic N) is 1. The third kappa shape index (κ3) is 6.26. The number of hydrogen-bond acceptors (Lipinski definition) is 3. The molecule has 3 aromatic carbocycles. The number of aryl methyl sites for hydroxylation is 1. The van der Waals surface area contributed by atoms with Crippen LogP contribution >= 0.6 is 34.8 Å². The zero-order valence-electron chi connectivity index (χ0n) is 16.5. The topological polar surface area (TPSA) is 62.1 Å². The molecular formula is C24H17Cl3N2O2. The minimum absolute atomic E-state index is 0.174. The van der Waals surface area contributed by atoms with Gasteiger partial charge in [0.15, 0.2) is 6.61 Å². The molecule has 0 spiro atoms. The van der Waals surface area contributed by atoms with Crippen molar-refractivity contribution in [3.63, 3.8) is 0 Å². The molecule has 156 valence electrons. The predicted molar refractivity (Wildman–Crippen MR) is 127 cm³/mol. The number of allylic oxidation sites excluding steroid dienone is 1. The largest absolute Gasteiger partial charge is 0.484 e. The number of halogens is 3. The Morgan fingerprint density at radius 1 is 1.06 bits per heavy atom. The van der Waals surface area contributed by atoms with E-state index in [1.165, 1.54) is 0 Å². The van der Waals surface area contributed by atoms with Crippen LogP contribution in [0.1, 0.15) is 16.7 Å². The highest BCUT2D eigenvalue weighted by Gasteiger charge is 2.09. The molecule has 1 N–H and O–H groups in total. The fourth-order valence-electron chi connectivity index (χ4n) is 2.76. The molecule has 0 aliphatic heterocycles. The zero-order chi connectivity index (χ0) is 22.4. The molecule has 31 heavy (non-hydrogen) atoms. The van der Waals surface area contributed by atoms with E-state index in [0.717, 1.165) is 11.1 Å². The van der Waals surface area contributed by atoms with Crippen LogP contribution < -0.4 is 10.1 Å². The molecule has 0 saturated carbocycles. The molecule has 0 aliphatic carbocycles. The maximum atomic E-state index is 12.2. The van der Waals surface area contributed by atoms with Gasteiger partial charge in [0.25, 0.3) is 5.91 Å². The standard InChI is InChI=1S/C24H17Cl3N2O2/c1-15-5-7-19(12-22(15)26)29-24(30)14-31-20-4-2-3-16(10-20)9-17(13-28)21-8-6-18(25)11-23(21)27/h2-12H,14H2,1H3,(H,29,30)/b17-9+. The van der Waals surface area contributed by atoms with Crippen molar-refractivity contribution in [2.75, 3.05) is 11.9 Å². The van der Waals surface area contributed by atoms with Gasteiger partial charge in [0, 0.05) is 21.3 Å². The second-order valence-corrected chi connectivity index (χ2v) is 7.92. The van der Waals surface area contributed by atoms with Crippen molar-refractivity contribution in [3.8, 4) is 11.8 Å². The lowest BCUT2D eigenvalue weighted by molar-refractivity contribution is -0.118. The molecule has 0 atom stereocenters. The Labute approximate surface area is 195 Å². The number of ether oxygens (including phenoxy) is 1. The maximum Gasteiger partial charge on any atom is 0.262 e. The van der Waals surface area contributed by atoms with Gasteiger partial charge in [0.1, 0.15) is 5.75 Å². The van der Waals surface area contributed by atoms with Gasteiger partial charge >= 0.3 is 0 Å². The van der Waals surface area contributed by atoms with Gasteiger partial charge in [-0.2, -0.15) is 5.26 Å². The number of carbonyl (C=O) groups excluding carboxylic acids is 1. The molecule has 0 aromatic heterocycles. The van der Waals surface area contributed by atoms with Crippen LogP contribution in [-0.2, 0) is 4.79 Å². The van der Waals surface area contributed by atoms with E-state index in [0.29, 0.717) is 37.6 Å². The van der Waals surface area contributed by atoms with E-state index in [1.807, 2.05) is 19.1 Å². The highest BCUT2D eigenvalue weighted by molar-refractivity contribution is 6.36. The molecular weight excluding hydrogens is 455 g/mol. The van der Waals surface area contributed by atoms with E-state index < -0.39 is 0 Å². The number of nitriles is 1. The number of hydrogen-bond donors (Lipinski definition) is 1. The summed E-state index contributed by atoms with van der Waals surface area (Å²) in [5, 5.41) is 13.8. The molecule has 3 rings (SSSR count). The summed E-state index contributed by atoms with van der Waals surface area (Å²) in [5.74, 6) is 0.178. The Morgan fingerprint density at radius 2 is 1.87 bits per heavy atom. The van der Waals surface area contributed by atoms with Crippen molar-refractivity contribution < 1.29 is 9.53 Å². The fourth-order valence-corrected chi connectivity index (χ4v) is 3.45. The minimum Gasteiger partial charge on any atom is -0.484 e. The summed E-state index contributed by atoms with van der Waals surface area (Å²) in [6.45, 7) is 1.71. The molecule has 7 heteroatoms. The van der Waals surface area contributed by atoms with E-state index in [1.54, 1.807) is 54.6 Å². The van der Waals surface area contributed by atoms with Crippen molar-refractivity contribution in [1.29, 1.82) is 5.26 Å². The summed E-state index contributed by atoms with van der Waals surface area (Å²) < 4.78 is 5.59. The maximum absolute atomic E-state index is 12.2. The Morgan fingerprint density at radius 3 is 2.58 bits per heavy atom. The van der Waals surface area contributed by atoms with Crippen LogP contribution in [0.2, 0.25) is 15.1 Å². The Kier molecular flexibility index (Phi) is 7.59. The van der Waals surface area contributed by atoms with E-state index in [2.05, 4.69) is 11.4 Å². The molecule has 0 bridgehead atoms. The zero-order valence-corrected chi connectivity index (χ0v) is 18.7. The van der Waals surface area contributed by atoms with Gasteiger partial charge < -0.3 is 10.1 Å². The fraction of sp³-hybridized carbons (Fsp3) is 0.0833. The van der Waals surface area contributed by atoms with Gasteiger partial charge in [-0.1, -0.05) is 59.1 Å². The van der Waals surface area contributed by atoms with Gasteiger partial charge in [-0.25, -0.2) is 0 Å². The van der Waals surface area contributed by atoms with Crippen LogP contribution in [0.3, 0.4) is 0 Å². The van der Waals surface area contributed by atoms with Gasteiger partial charge in [0.2, 0.25) is 0 Å². The molecule has 0 unspecified atom stereocenters. The Bertz CT molecular complexity index is 1200. The first-order chi connectivity index (χ1) is 14.9. The average molecular weight is 472 g/mol. The summed E-state index contributed by atoms with van der Waals surface area (Å²) in [5.41, 5.74) is 3.21. The molecule has 0 heterocycles. The third-order valence-corrected chi connectivity index (χ3v) is 5.29. The lowest BCUT2D eigenvalue weighted by Gasteiger charge is -2.09. The van der Waals surface area contributed by atoms with Gasteiger partial charge in [-0.05, 0) is 60.5 Å². The van der Waals surface area contributed by atoms with Crippen LogP contribution in [0, 0.1) is 18.3 Å². The monoisotopic (exact) mass is 470 g/mol. The first kappa shape index (κ1) is 22.7. The van der Waals surface area contributed by atoms with Crippen LogP contribution in [0.4, 0.5) is 5.69 Å².